The summed E-state index contributed by atoms with van der Waals surface area (Å²) in [7, 11) is -3.31. The Morgan fingerprint density at radius 2 is 1.90 bits per heavy atom. The molecule has 1 amide bonds. The summed E-state index contributed by atoms with van der Waals surface area (Å²) >= 11 is 7.47. The van der Waals surface area contributed by atoms with Gasteiger partial charge in [-0.3, -0.25) is 4.79 Å². The van der Waals surface area contributed by atoms with Crippen molar-refractivity contribution in [1.29, 1.82) is 0 Å². The number of hydrogen-bond acceptors (Lipinski definition) is 5. The van der Waals surface area contributed by atoms with Gasteiger partial charge in [0.1, 0.15) is 0 Å². The van der Waals surface area contributed by atoms with Crippen LogP contribution in [-0.2, 0) is 21.1 Å². The number of sulfone groups is 1. The normalized spacial score (nSPS) is 12.6. The molecule has 1 aromatic heterocycles. The summed E-state index contributed by atoms with van der Waals surface area (Å²) < 4.78 is 32.2. The lowest BCUT2D eigenvalue weighted by atomic mass is 10.2. The van der Waals surface area contributed by atoms with Gasteiger partial charge >= 0.3 is 0 Å². The van der Waals surface area contributed by atoms with Crippen molar-refractivity contribution < 1.29 is 17.9 Å². The Hall–Kier alpha value is -2.00. The summed E-state index contributed by atoms with van der Waals surface area (Å²) in [6, 6.07) is 11.4. The Morgan fingerprint density at radius 3 is 2.55 bits per heavy atom. The lowest BCUT2D eigenvalue weighted by molar-refractivity contribution is 0.0996. The lowest BCUT2D eigenvalue weighted by Crippen LogP contribution is -2.19. The van der Waals surface area contributed by atoms with Gasteiger partial charge in [-0.15, -0.1) is 0 Å². The molecule has 0 radical (unpaired) electrons. The molecule has 0 aliphatic carbocycles. The first-order chi connectivity index (χ1) is 13.9. The number of carbonyl (C=O) groups is 1. The fourth-order valence-corrected chi connectivity index (χ4v) is 4.99. The van der Waals surface area contributed by atoms with Crippen LogP contribution in [0.2, 0.25) is 5.02 Å². The van der Waals surface area contributed by atoms with Crippen molar-refractivity contribution in [3.05, 3.63) is 57.9 Å². The Morgan fingerprint density at radius 1 is 1.17 bits per heavy atom. The number of thiazole rings is 1. The zero-order chi connectivity index (χ0) is 21.0. The predicted molar refractivity (Wildman–Crippen MR) is 115 cm³/mol. The number of amides is 1. The Bertz CT molecular complexity index is 1200. The summed E-state index contributed by atoms with van der Waals surface area (Å²) in [5.41, 5.74) is 1.25. The van der Waals surface area contributed by atoms with Gasteiger partial charge in [-0.2, -0.15) is 4.99 Å². The third-order valence-corrected chi connectivity index (χ3v) is 7.37. The fraction of sp³-hybridized carbons (Fsp3) is 0.300. The van der Waals surface area contributed by atoms with E-state index in [0.717, 1.165) is 10.2 Å². The van der Waals surface area contributed by atoms with E-state index in [1.54, 1.807) is 13.0 Å². The fourth-order valence-electron chi connectivity index (χ4n) is 2.77. The summed E-state index contributed by atoms with van der Waals surface area (Å²) in [6.45, 7) is 5.16. The molecule has 0 bridgehead atoms. The Balaban J connectivity index is 2.00. The molecule has 3 rings (SSSR count). The molecule has 0 spiro atoms. The van der Waals surface area contributed by atoms with Gasteiger partial charge < -0.3 is 9.30 Å². The van der Waals surface area contributed by atoms with Crippen molar-refractivity contribution in [3.63, 3.8) is 0 Å². The number of halogens is 1. The number of rotatable bonds is 7. The average molecular weight is 453 g/mol. The number of benzene rings is 2. The topological polar surface area (TPSA) is 77.7 Å². The van der Waals surface area contributed by atoms with Crippen LogP contribution in [-0.4, -0.2) is 37.9 Å². The van der Waals surface area contributed by atoms with E-state index in [4.69, 9.17) is 16.3 Å². The first-order valence-corrected chi connectivity index (χ1v) is 12.0. The van der Waals surface area contributed by atoms with E-state index in [2.05, 4.69) is 4.99 Å². The maximum atomic E-state index is 12.7. The molecule has 0 saturated heterocycles. The number of fused-ring (bicyclic) bond motifs is 1. The largest absolute Gasteiger partial charge is 0.380 e. The molecular formula is C20H21ClN2O4S2. The van der Waals surface area contributed by atoms with E-state index in [0.29, 0.717) is 35.1 Å². The van der Waals surface area contributed by atoms with Crippen LogP contribution in [0.5, 0.6) is 0 Å². The first-order valence-electron chi connectivity index (χ1n) is 9.14. The minimum Gasteiger partial charge on any atom is -0.380 e. The van der Waals surface area contributed by atoms with Crippen molar-refractivity contribution >= 4 is 48.9 Å². The minimum atomic E-state index is -3.31. The number of ether oxygens (including phenoxy) is 1. The zero-order valence-corrected chi connectivity index (χ0v) is 18.5. The van der Waals surface area contributed by atoms with E-state index in [-0.39, 0.29) is 10.6 Å². The van der Waals surface area contributed by atoms with Crippen molar-refractivity contribution in [3.8, 4) is 0 Å². The molecule has 6 nitrogen and oxygen atoms in total. The van der Waals surface area contributed by atoms with Gasteiger partial charge in [0, 0.05) is 23.7 Å². The van der Waals surface area contributed by atoms with Gasteiger partial charge in [-0.25, -0.2) is 8.42 Å². The number of carbonyl (C=O) groups excluding carboxylic acids is 1. The van der Waals surface area contributed by atoms with Gasteiger partial charge in [0.15, 0.2) is 14.6 Å². The molecule has 0 fully saturated rings. The zero-order valence-electron chi connectivity index (χ0n) is 16.1. The van der Waals surface area contributed by atoms with Gasteiger partial charge in [0.2, 0.25) is 0 Å². The number of nitrogens with zero attached hydrogens (tertiary/aromatic N) is 2. The second-order valence-corrected chi connectivity index (χ2v) is 9.91. The summed E-state index contributed by atoms with van der Waals surface area (Å²) in [5.74, 6) is -0.428. The van der Waals surface area contributed by atoms with Crippen molar-refractivity contribution in [2.24, 2.45) is 4.99 Å². The molecule has 9 heteroatoms. The van der Waals surface area contributed by atoms with Crippen molar-refractivity contribution in [2.75, 3.05) is 19.0 Å². The maximum Gasteiger partial charge on any atom is 0.279 e. The van der Waals surface area contributed by atoms with E-state index in [1.807, 2.05) is 23.6 Å². The highest BCUT2D eigenvalue weighted by Crippen LogP contribution is 2.22. The van der Waals surface area contributed by atoms with Crippen LogP contribution in [0.25, 0.3) is 10.2 Å². The maximum absolute atomic E-state index is 12.7. The van der Waals surface area contributed by atoms with Gasteiger partial charge in [-0.05, 0) is 49.4 Å². The Kier molecular flexibility index (Phi) is 6.89. The van der Waals surface area contributed by atoms with Crippen LogP contribution >= 0.6 is 22.9 Å². The Labute approximate surface area is 178 Å². The van der Waals surface area contributed by atoms with E-state index >= 15 is 0 Å². The molecule has 0 N–H and O–H groups in total. The molecule has 0 atom stereocenters. The monoisotopic (exact) mass is 452 g/mol. The third-order valence-electron chi connectivity index (χ3n) is 4.35. The van der Waals surface area contributed by atoms with Crippen LogP contribution in [0.4, 0.5) is 0 Å². The molecule has 0 aliphatic rings. The highest BCUT2D eigenvalue weighted by Gasteiger charge is 2.13. The summed E-state index contributed by atoms with van der Waals surface area (Å²) in [5, 5.41) is 0.612. The first kappa shape index (κ1) is 21.7. The molecule has 0 unspecified atom stereocenters. The minimum absolute atomic E-state index is 0.00877. The SMILES string of the molecule is CCOCCn1c(=NC(=O)c2ccc(S(=O)(=O)CC)cc2)sc2cc(Cl)ccc21. The van der Waals surface area contributed by atoms with Gasteiger partial charge in [0.25, 0.3) is 5.91 Å². The molecule has 0 aliphatic heterocycles. The van der Waals surface area contributed by atoms with Crippen LogP contribution in [0.15, 0.2) is 52.4 Å². The van der Waals surface area contributed by atoms with Crippen molar-refractivity contribution in [1.82, 2.24) is 4.57 Å². The highest BCUT2D eigenvalue weighted by molar-refractivity contribution is 7.91. The van der Waals surface area contributed by atoms with E-state index < -0.39 is 15.7 Å². The molecule has 0 saturated carbocycles. The second kappa shape index (κ2) is 9.21. The lowest BCUT2D eigenvalue weighted by Gasteiger charge is -2.05. The summed E-state index contributed by atoms with van der Waals surface area (Å²) in [6.07, 6.45) is 0. The highest BCUT2D eigenvalue weighted by atomic mass is 35.5. The molecular weight excluding hydrogens is 432 g/mol. The van der Waals surface area contributed by atoms with E-state index in [9.17, 15) is 13.2 Å². The average Bonchev–Trinajstić information content (AvgIpc) is 3.04. The van der Waals surface area contributed by atoms with Crippen LogP contribution in [0.1, 0.15) is 24.2 Å². The van der Waals surface area contributed by atoms with Gasteiger partial charge in [-0.1, -0.05) is 29.9 Å². The smallest absolute Gasteiger partial charge is 0.279 e. The number of hydrogen-bond donors (Lipinski definition) is 0. The predicted octanol–water partition coefficient (Wildman–Crippen LogP) is 3.93. The van der Waals surface area contributed by atoms with Gasteiger partial charge in [0.05, 0.1) is 27.5 Å². The summed E-state index contributed by atoms with van der Waals surface area (Å²) in [4.78, 5) is 17.7. The van der Waals surface area contributed by atoms with Crippen molar-refractivity contribution in [2.45, 2.75) is 25.3 Å². The number of aromatic nitrogens is 1. The van der Waals surface area contributed by atoms with E-state index in [1.165, 1.54) is 35.6 Å². The molecule has 3 aromatic rings. The molecule has 154 valence electrons. The van der Waals surface area contributed by atoms with Crippen LogP contribution in [0.3, 0.4) is 0 Å². The molecule has 2 aromatic carbocycles. The standard InChI is InChI=1S/C20H21ClN2O4S2/c1-3-27-12-11-23-17-10-7-15(21)13-18(17)28-20(23)22-19(24)14-5-8-16(9-6-14)29(25,26)4-2/h5-10,13H,3-4,11-12H2,1-2H3. The van der Waals surface area contributed by atoms with Crippen LogP contribution in [0, 0.1) is 0 Å². The molecule has 29 heavy (non-hydrogen) atoms. The molecule has 1 heterocycles. The second-order valence-electron chi connectivity index (χ2n) is 6.19. The third kappa shape index (κ3) is 4.95. The van der Waals surface area contributed by atoms with Crippen LogP contribution < -0.4 is 4.80 Å². The quantitative estimate of drug-likeness (QED) is 0.509.